The Balaban J connectivity index is 1.73. The lowest BCUT2D eigenvalue weighted by atomic mass is 9.70. The molecule has 0 spiro atoms. The molecule has 2 fully saturated rings. The molecule has 3 nitrogen and oxygen atoms in total. The lowest BCUT2D eigenvalue weighted by Gasteiger charge is -2.41. The minimum Gasteiger partial charge on any atom is -0.352 e. The van der Waals surface area contributed by atoms with Crippen LogP contribution in [0.4, 0.5) is 0 Å². The van der Waals surface area contributed by atoms with E-state index in [0.717, 1.165) is 25.7 Å². The van der Waals surface area contributed by atoms with E-state index in [1.807, 2.05) is 6.07 Å². The summed E-state index contributed by atoms with van der Waals surface area (Å²) in [5.74, 6) is 0.524. The van der Waals surface area contributed by atoms with Crippen molar-refractivity contribution < 1.29 is 4.79 Å². The van der Waals surface area contributed by atoms with Gasteiger partial charge >= 0.3 is 0 Å². The Labute approximate surface area is 113 Å². The molecule has 0 radical (unpaired) electrons. The summed E-state index contributed by atoms with van der Waals surface area (Å²) in [6.07, 6.45) is 3.99. The normalized spacial score (nSPS) is 33.9. The average Bonchev–Trinajstić information content (AvgIpc) is 2.47. The number of carbonyl (C=O) groups excluding carboxylic acids is 1. The van der Waals surface area contributed by atoms with Crippen LogP contribution in [-0.2, 0) is 4.79 Å². The molecule has 3 heteroatoms. The Morgan fingerprint density at radius 1 is 1.16 bits per heavy atom. The number of piperidine rings is 1. The third-order valence-electron chi connectivity index (χ3n) is 4.59. The van der Waals surface area contributed by atoms with Crippen LogP contribution >= 0.6 is 0 Å². The Bertz CT molecular complexity index is 505. The predicted molar refractivity (Wildman–Crippen MR) is 72.2 cm³/mol. The van der Waals surface area contributed by atoms with E-state index in [4.69, 9.17) is 5.26 Å². The molecule has 4 atom stereocenters. The van der Waals surface area contributed by atoms with Crippen molar-refractivity contribution in [3.8, 4) is 6.07 Å². The second-order valence-electron chi connectivity index (χ2n) is 5.71. The quantitative estimate of drug-likeness (QED) is 0.837. The summed E-state index contributed by atoms with van der Waals surface area (Å²) in [6, 6.07) is 13.0. The maximum Gasteiger partial charge on any atom is 0.237 e. The summed E-state index contributed by atoms with van der Waals surface area (Å²) in [7, 11) is 0. The minimum atomic E-state index is -0.448. The van der Waals surface area contributed by atoms with E-state index < -0.39 is 5.92 Å². The molecular weight excluding hydrogens is 236 g/mol. The zero-order valence-electron chi connectivity index (χ0n) is 10.9. The smallest absolute Gasteiger partial charge is 0.237 e. The number of nitrogens with zero attached hydrogens (tertiary/aromatic N) is 1. The fraction of sp³-hybridized carbons (Fsp3) is 0.500. The third kappa shape index (κ3) is 2.35. The monoisotopic (exact) mass is 254 g/mol. The van der Waals surface area contributed by atoms with Crippen molar-refractivity contribution in [1.82, 2.24) is 5.32 Å². The highest BCUT2D eigenvalue weighted by atomic mass is 16.2. The van der Waals surface area contributed by atoms with E-state index in [-0.39, 0.29) is 11.9 Å². The van der Waals surface area contributed by atoms with Gasteiger partial charge in [-0.2, -0.15) is 5.26 Å². The molecule has 1 aliphatic heterocycles. The number of nitriles is 1. The summed E-state index contributed by atoms with van der Waals surface area (Å²) >= 11 is 0. The largest absolute Gasteiger partial charge is 0.352 e. The highest BCUT2D eigenvalue weighted by molar-refractivity contribution is 5.82. The van der Waals surface area contributed by atoms with Crippen molar-refractivity contribution >= 4 is 5.91 Å². The second-order valence-corrected chi connectivity index (χ2v) is 5.71. The molecule has 3 rings (SSSR count). The first-order valence-corrected chi connectivity index (χ1v) is 7.03. The molecule has 0 bridgehead atoms. The maximum absolute atomic E-state index is 11.7. The number of amides is 1. The SMILES string of the molecule is N#CC1CC2CC(c3ccccc3)CCC2NC1=O. The Morgan fingerprint density at radius 2 is 1.95 bits per heavy atom. The summed E-state index contributed by atoms with van der Waals surface area (Å²) in [5, 5.41) is 12.1. The van der Waals surface area contributed by atoms with Crippen LogP contribution in [0, 0.1) is 23.2 Å². The van der Waals surface area contributed by atoms with Gasteiger partial charge in [0.05, 0.1) is 6.07 Å². The van der Waals surface area contributed by atoms with Crippen molar-refractivity contribution in [2.24, 2.45) is 11.8 Å². The zero-order chi connectivity index (χ0) is 13.2. The van der Waals surface area contributed by atoms with Gasteiger partial charge in [0, 0.05) is 6.04 Å². The van der Waals surface area contributed by atoms with Gasteiger partial charge in [-0.05, 0) is 43.1 Å². The molecule has 98 valence electrons. The first kappa shape index (κ1) is 12.2. The van der Waals surface area contributed by atoms with Crippen molar-refractivity contribution in [1.29, 1.82) is 5.26 Å². The standard InChI is InChI=1S/C16H18N2O/c17-10-14-9-13-8-12(11-4-2-1-3-5-11)6-7-15(13)18-16(14)19/h1-5,12-15H,6-9H2,(H,18,19). The maximum atomic E-state index is 11.7. The second kappa shape index (κ2) is 5.05. The van der Waals surface area contributed by atoms with Crippen LogP contribution in [0.2, 0.25) is 0 Å². The van der Waals surface area contributed by atoms with Gasteiger partial charge in [-0.1, -0.05) is 30.3 Å². The number of hydrogen-bond acceptors (Lipinski definition) is 2. The number of carbonyl (C=O) groups is 1. The summed E-state index contributed by atoms with van der Waals surface area (Å²) in [4.78, 5) is 11.7. The van der Waals surface area contributed by atoms with Crippen LogP contribution in [-0.4, -0.2) is 11.9 Å². The molecule has 1 heterocycles. The Hall–Kier alpha value is -1.82. The highest BCUT2D eigenvalue weighted by Gasteiger charge is 2.39. The van der Waals surface area contributed by atoms with E-state index in [1.54, 1.807) is 0 Å². The Kier molecular flexibility index (Phi) is 3.25. The minimum absolute atomic E-state index is 0.0677. The van der Waals surface area contributed by atoms with Crippen LogP contribution < -0.4 is 5.32 Å². The van der Waals surface area contributed by atoms with Crippen LogP contribution in [0.25, 0.3) is 0 Å². The van der Waals surface area contributed by atoms with Gasteiger partial charge in [0.15, 0.2) is 0 Å². The van der Waals surface area contributed by atoms with Crippen LogP contribution in [0.1, 0.15) is 37.2 Å². The predicted octanol–water partition coefficient (Wildman–Crippen LogP) is 2.60. The fourth-order valence-electron chi connectivity index (χ4n) is 3.55. The summed E-state index contributed by atoms with van der Waals surface area (Å²) in [5.41, 5.74) is 1.39. The van der Waals surface area contributed by atoms with Gasteiger partial charge in [-0.15, -0.1) is 0 Å². The van der Waals surface area contributed by atoms with Crippen molar-refractivity contribution in [2.45, 2.75) is 37.6 Å². The van der Waals surface area contributed by atoms with Crippen LogP contribution in [0.15, 0.2) is 30.3 Å². The number of rotatable bonds is 1. The molecule has 2 aliphatic rings. The lowest BCUT2D eigenvalue weighted by Crippen LogP contribution is -2.51. The van der Waals surface area contributed by atoms with Crippen molar-refractivity contribution in [3.63, 3.8) is 0 Å². The number of fused-ring (bicyclic) bond motifs is 1. The van der Waals surface area contributed by atoms with E-state index in [9.17, 15) is 4.79 Å². The molecule has 4 unspecified atom stereocenters. The number of hydrogen-bond donors (Lipinski definition) is 1. The van der Waals surface area contributed by atoms with E-state index >= 15 is 0 Å². The van der Waals surface area contributed by atoms with Gasteiger partial charge in [-0.25, -0.2) is 0 Å². The molecular formula is C16H18N2O. The number of nitrogens with one attached hydrogen (secondary N) is 1. The van der Waals surface area contributed by atoms with Crippen LogP contribution in [0.3, 0.4) is 0 Å². The van der Waals surface area contributed by atoms with E-state index in [1.165, 1.54) is 5.56 Å². The molecule has 19 heavy (non-hydrogen) atoms. The molecule has 1 N–H and O–H groups in total. The van der Waals surface area contributed by atoms with Gasteiger partial charge < -0.3 is 5.32 Å². The number of benzene rings is 1. The molecule has 1 aromatic carbocycles. The van der Waals surface area contributed by atoms with E-state index in [2.05, 4.69) is 35.7 Å². The molecule has 1 saturated heterocycles. The fourth-order valence-corrected chi connectivity index (χ4v) is 3.55. The first-order valence-electron chi connectivity index (χ1n) is 7.03. The molecule has 1 saturated carbocycles. The Morgan fingerprint density at radius 3 is 2.68 bits per heavy atom. The molecule has 1 aromatic rings. The van der Waals surface area contributed by atoms with Gasteiger partial charge in [0.25, 0.3) is 0 Å². The van der Waals surface area contributed by atoms with Crippen molar-refractivity contribution in [3.05, 3.63) is 35.9 Å². The molecule has 1 aliphatic carbocycles. The topological polar surface area (TPSA) is 52.9 Å². The van der Waals surface area contributed by atoms with Crippen LogP contribution in [0.5, 0.6) is 0 Å². The van der Waals surface area contributed by atoms with Gasteiger partial charge in [-0.3, -0.25) is 4.79 Å². The van der Waals surface area contributed by atoms with Crippen molar-refractivity contribution in [2.75, 3.05) is 0 Å². The van der Waals surface area contributed by atoms with Gasteiger partial charge in [0.1, 0.15) is 5.92 Å². The van der Waals surface area contributed by atoms with E-state index in [0.29, 0.717) is 11.8 Å². The third-order valence-corrected chi connectivity index (χ3v) is 4.59. The average molecular weight is 254 g/mol. The highest BCUT2D eigenvalue weighted by Crippen LogP contribution is 2.40. The molecule has 1 amide bonds. The lowest BCUT2D eigenvalue weighted by molar-refractivity contribution is -0.127. The van der Waals surface area contributed by atoms with Gasteiger partial charge in [0.2, 0.25) is 5.91 Å². The zero-order valence-corrected chi connectivity index (χ0v) is 10.9. The summed E-state index contributed by atoms with van der Waals surface area (Å²) in [6.45, 7) is 0. The molecule has 0 aromatic heterocycles. The summed E-state index contributed by atoms with van der Waals surface area (Å²) < 4.78 is 0. The first-order chi connectivity index (χ1) is 9.28.